The molecule has 1 atom stereocenters. The van der Waals surface area contributed by atoms with E-state index < -0.39 is 21.0 Å². The average Bonchev–Trinajstić information content (AvgIpc) is 2.61. The maximum Gasteiger partial charge on any atom is 0.242 e. The second kappa shape index (κ2) is 5.80. The van der Waals surface area contributed by atoms with E-state index in [9.17, 15) is 13.2 Å². The normalized spacial score (nSPS) is 16.5. The molecule has 1 amide bonds. The second-order valence-electron chi connectivity index (χ2n) is 4.81. The van der Waals surface area contributed by atoms with Crippen LogP contribution in [0.15, 0.2) is 18.2 Å². The Kier molecular flexibility index (Phi) is 4.29. The van der Waals surface area contributed by atoms with Crippen LogP contribution in [0, 0.1) is 0 Å². The zero-order chi connectivity index (χ0) is 14.8. The number of fused-ring (bicyclic) bond motifs is 1. The topological polar surface area (TPSA) is 84.5 Å². The highest BCUT2D eigenvalue weighted by Gasteiger charge is 2.23. The van der Waals surface area contributed by atoms with Crippen LogP contribution in [0.25, 0.3) is 0 Å². The molecule has 1 aliphatic rings. The molecule has 0 aromatic heterocycles. The van der Waals surface area contributed by atoms with Gasteiger partial charge in [0.15, 0.2) is 9.84 Å². The van der Waals surface area contributed by atoms with Gasteiger partial charge in [0.05, 0.1) is 0 Å². The van der Waals surface area contributed by atoms with Crippen molar-refractivity contribution in [2.75, 3.05) is 24.7 Å². The maximum absolute atomic E-state index is 11.9. The lowest BCUT2D eigenvalue weighted by atomic mass is 10.1. The molecule has 0 spiro atoms. The van der Waals surface area contributed by atoms with Gasteiger partial charge in [0.2, 0.25) is 5.91 Å². The fourth-order valence-corrected chi connectivity index (χ4v) is 2.28. The number of carbonyl (C=O) groups excluding carboxylic acids is 1. The third kappa shape index (κ3) is 3.49. The largest absolute Gasteiger partial charge is 0.492 e. The van der Waals surface area contributed by atoms with Gasteiger partial charge in [-0.2, -0.15) is 0 Å². The molecule has 1 aliphatic heterocycles. The van der Waals surface area contributed by atoms with E-state index in [4.69, 9.17) is 4.74 Å². The molecule has 7 heteroatoms. The Morgan fingerprint density at radius 3 is 2.90 bits per heavy atom. The molecule has 0 radical (unpaired) electrons. The molecular weight excluding hydrogens is 280 g/mol. The van der Waals surface area contributed by atoms with Gasteiger partial charge in [-0.05, 0) is 25.1 Å². The van der Waals surface area contributed by atoms with Gasteiger partial charge in [-0.1, -0.05) is 0 Å². The van der Waals surface area contributed by atoms with Crippen molar-refractivity contribution in [1.82, 2.24) is 5.32 Å². The molecular formula is C13H18N2O4S. The maximum atomic E-state index is 11.9. The fourth-order valence-electron chi connectivity index (χ4n) is 1.83. The van der Waals surface area contributed by atoms with Crippen molar-refractivity contribution in [3.05, 3.63) is 23.8 Å². The highest BCUT2D eigenvalue weighted by Crippen LogP contribution is 2.24. The Bertz CT molecular complexity index is 613. The molecule has 1 unspecified atom stereocenters. The van der Waals surface area contributed by atoms with E-state index in [0.717, 1.165) is 24.1 Å². The minimum absolute atomic E-state index is 0.532. The molecule has 1 aromatic rings. The number of nitrogens with one attached hydrogen (secondary N) is 2. The summed E-state index contributed by atoms with van der Waals surface area (Å²) in [5.41, 5.74) is 1.50. The summed E-state index contributed by atoms with van der Waals surface area (Å²) >= 11 is 0. The molecule has 0 bridgehead atoms. The number of ether oxygens (including phenoxy) is 1. The quantitative estimate of drug-likeness (QED) is 0.851. The summed E-state index contributed by atoms with van der Waals surface area (Å²) in [7, 11) is -3.39. The Labute approximate surface area is 118 Å². The molecule has 20 heavy (non-hydrogen) atoms. The first-order valence-electron chi connectivity index (χ1n) is 6.34. The Balaban J connectivity index is 2.15. The monoisotopic (exact) mass is 298 g/mol. The minimum atomic E-state index is -3.39. The van der Waals surface area contributed by atoms with E-state index >= 15 is 0 Å². The van der Waals surface area contributed by atoms with Gasteiger partial charge in [0, 0.05) is 30.6 Å². The predicted molar refractivity (Wildman–Crippen MR) is 76.6 cm³/mol. The first-order chi connectivity index (χ1) is 9.38. The summed E-state index contributed by atoms with van der Waals surface area (Å²) in [4.78, 5) is 11.9. The zero-order valence-corrected chi connectivity index (χ0v) is 12.3. The SMILES string of the molecule is CC(C(=O)Nc1ccc2c(c1)CNCCO2)S(C)(=O)=O. The van der Waals surface area contributed by atoms with Crippen LogP contribution in [0.5, 0.6) is 5.75 Å². The standard InChI is InChI=1S/C13H18N2O4S/c1-9(20(2,17)18)13(16)15-11-3-4-12-10(7-11)8-14-5-6-19-12/h3-4,7,9,14H,5-6,8H2,1-2H3,(H,15,16). The Morgan fingerprint density at radius 2 is 2.20 bits per heavy atom. The molecule has 2 rings (SSSR count). The van der Waals surface area contributed by atoms with Crippen LogP contribution >= 0.6 is 0 Å². The van der Waals surface area contributed by atoms with E-state index in [0.29, 0.717) is 18.8 Å². The van der Waals surface area contributed by atoms with Crippen LogP contribution in [0.2, 0.25) is 0 Å². The van der Waals surface area contributed by atoms with Crippen molar-refractivity contribution < 1.29 is 17.9 Å². The number of amides is 1. The third-order valence-corrected chi connectivity index (χ3v) is 4.69. The number of sulfone groups is 1. The van der Waals surface area contributed by atoms with Crippen LogP contribution in [0.4, 0.5) is 5.69 Å². The summed E-state index contributed by atoms with van der Waals surface area (Å²) in [5, 5.41) is 4.74. The van der Waals surface area contributed by atoms with E-state index in [-0.39, 0.29) is 0 Å². The molecule has 0 aliphatic carbocycles. The van der Waals surface area contributed by atoms with Crippen molar-refractivity contribution in [3.8, 4) is 5.75 Å². The zero-order valence-electron chi connectivity index (χ0n) is 11.5. The summed E-state index contributed by atoms with van der Waals surface area (Å²) in [6, 6.07) is 5.28. The number of benzene rings is 1. The average molecular weight is 298 g/mol. The third-order valence-electron chi connectivity index (χ3n) is 3.19. The lowest BCUT2D eigenvalue weighted by molar-refractivity contribution is -0.115. The first-order valence-corrected chi connectivity index (χ1v) is 8.29. The van der Waals surface area contributed by atoms with E-state index in [1.165, 1.54) is 6.92 Å². The molecule has 110 valence electrons. The predicted octanol–water partition coefficient (Wildman–Crippen LogP) is 0.540. The van der Waals surface area contributed by atoms with Gasteiger partial charge in [0.1, 0.15) is 17.6 Å². The van der Waals surface area contributed by atoms with Crippen LogP contribution in [-0.2, 0) is 21.2 Å². The number of anilines is 1. The van der Waals surface area contributed by atoms with Gasteiger partial charge in [0.25, 0.3) is 0 Å². The Morgan fingerprint density at radius 1 is 1.45 bits per heavy atom. The molecule has 1 aromatic carbocycles. The Hall–Kier alpha value is -1.60. The first kappa shape index (κ1) is 14.8. The highest BCUT2D eigenvalue weighted by atomic mass is 32.2. The molecule has 0 fully saturated rings. The van der Waals surface area contributed by atoms with Crippen molar-refractivity contribution in [3.63, 3.8) is 0 Å². The van der Waals surface area contributed by atoms with Crippen LogP contribution in [0.1, 0.15) is 12.5 Å². The van der Waals surface area contributed by atoms with E-state index in [1.54, 1.807) is 18.2 Å². The van der Waals surface area contributed by atoms with E-state index in [2.05, 4.69) is 10.6 Å². The van der Waals surface area contributed by atoms with Crippen molar-refractivity contribution in [2.24, 2.45) is 0 Å². The molecule has 1 heterocycles. The summed E-state index contributed by atoms with van der Waals surface area (Å²) in [6.07, 6.45) is 1.05. The van der Waals surface area contributed by atoms with Crippen molar-refractivity contribution >= 4 is 21.4 Å². The summed E-state index contributed by atoms with van der Waals surface area (Å²) in [6.45, 7) is 3.39. The van der Waals surface area contributed by atoms with Crippen LogP contribution < -0.4 is 15.4 Å². The van der Waals surface area contributed by atoms with E-state index in [1.807, 2.05) is 0 Å². The summed E-state index contributed by atoms with van der Waals surface area (Å²) < 4.78 is 28.2. The lowest BCUT2D eigenvalue weighted by Gasteiger charge is -2.12. The molecule has 0 saturated carbocycles. The molecule has 2 N–H and O–H groups in total. The van der Waals surface area contributed by atoms with Gasteiger partial charge < -0.3 is 15.4 Å². The smallest absolute Gasteiger partial charge is 0.242 e. The summed E-state index contributed by atoms with van der Waals surface area (Å²) in [5.74, 6) is 0.249. The van der Waals surface area contributed by atoms with Gasteiger partial charge in [-0.3, -0.25) is 4.79 Å². The number of hydrogen-bond acceptors (Lipinski definition) is 5. The van der Waals surface area contributed by atoms with Crippen LogP contribution in [0.3, 0.4) is 0 Å². The van der Waals surface area contributed by atoms with Crippen molar-refractivity contribution in [1.29, 1.82) is 0 Å². The van der Waals surface area contributed by atoms with Gasteiger partial charge in [-0.25, -0.2) is 8.42 Å². The number of carbonyl (C=O) groups is 1. The van der Waals surface area contributed by atoms with Crippen LogP contribution in [-0.4, -0.2) is 39.0 Å². The molecule has 0 saturated heterocycles. The number of rotatable bonds is 3. The highest BCUT2D eigenvalue weighted by molar-refractivity contribution is 7.92. The molecule has 6 nitrogen and oxygen atoms in total. The number of hydrogen-bond donors (Lipinski definition) is 2. The lowest BCUT2D eigenvalue weighted by Crippen LogP contribution is -2.31. The van der Waals surface area contributed by atoms with Gasteiger partial charge >= 0.3 is 0 Å². The minimum Gasteiger partial charge on any atom is -0.492 e. The fraction of sp³-hybridized carbons (Fsp3) is 0.462. The van der Waals surface area contributed by atoms with Gasteiger partial charge in [-0.15, -0.1) is 0 Å². The second-order valence-corrected chi connectivity index (χ2v) is 7.17. The van der Waals surface area contributed by atoms with Crippen molar-refractivity contribution in [2.45, 2.75) is 18.7 Å².